The van der Waals surface area contributed by atoms with Crippen molar-refractivity contribution < 1.29 is 4.79 Å². The van der Waals surface area contributed by atoms with Gasteiger partial charge in [-0.1, -0.05) is 36.4 Å². The number of benzene rings is 2. The van der Waals surface area contributed by atoms with Gasteiger partial charge in [-0.05, 0) is 43.0 Å². The molecule has 4 aromatic rings. The number of rotatable bonds is 5. The first kappa shape index (κ1) is 15.5. The molecule has 0 radical (unpaired) electrons. The average Bonchev–Trinajstić information content (AvgIpc) is 3.19. The van der Waals surface area contributed by atoms with Crippen molar-refractivity contribution in [2.75, 3.05) is 6.54 Å². The summed E-state index contributed by atoms with van der Waals surface area (Å²) in [6.45, 7) is 3.68. The van der Waals surface area contributed by atoms with E-state index in [0.717, 1.165) is 23.9 Å². The van der Waals surface area contributed by atoms with Crippen molar-refractivity contribution in [3.63, 3.8) is 0 Å². The average molecular weight is 331 g/mol. The number of nitrogens with zero attached hydrogens (tertiary/aromatic N) is 1. The van der Waals surface area contributed by atoms with Gasteiger partial charge in [-0.25, -0.2) is 0 Å². The summed E-state index contributed by atoms with van der Waals surface area (Å²) in [5.41, 5.74) is 4.11. The maximum absolute atomic E-state index is 12.3. The van der Waals surface area contributed by atoms with Gasteiger partial charge in [0.05, 0.1) is 0 Å². The van der Waals surface area contributed by atoms with E-state index in [0.29, 0.717) is 12.2 Å². The predicted octanol–water partition coefficient (Wildman–Crippen LogP) is 4.25. The number of aryl methyl sites for hydroxylation is 2. The number of H-pyrrole nitrogens is 1. The molecule has 0 saturated heterocycles. The summed E-state index contributed by atoms with van der Waals surface area (Å²) in [6.07, 6.45) is 0.894. The van der Waals surface area contributed by atoms with E-state index in [-0.39, 0.29) is 5.91 Å². The van der Waals surface area contributed by atoms with Crippen LogP contribution in [0.2, 0.25) is 0 Å². The third-order valence-electron chi connectivity index (χ3n) is 4.64. The molecule has 2 N–H and O–H groups in total. The largest absolute Gasteiger partial charge is 0.351 e. The lowest BCUT2D eigenvalue weighted by Gasteiger charge is -2.09. The van der Waals surface area contributed by atoms with Gasteiger partial charge in [-0.3, -0.25) is 4.79 Å². The summed E-state index contributed by atoms with van der Waals surface area (Å²) in [5.74, 6) is -0.0507. The Kier molecular flexibility index (Phi) is 4.02. The summed E-state index contributed by atoms with van der Waals surface area (Å²) in [4.78, 5) is 15.5. The van der Waals surface area contributed by atoms with E-state index in [2.05, 4.69) is 52.1 Å². The predicted molar refractivity (Wildman–Crippen MR) is 102 cm³/mol. The summed E-state index contributed by atoms with van der Waals surface area (Å²) in [7, 11) is 0. The number of aromatic nitrogens is 2. The minimum atomic E-state index is -0.0507. The number of aromatic amines is 1. The molecule has 0 fully saturated rings. The third kappa shape index (κ3) is 3.03. The number of carbonyl (C=O) groups is 1. The Balaban J connectivity index is 1.37. The van der Waals surface area contributed by atoms with E-state index in [4.69, 9.17) is 0 Å². The molecule has 0 bridgehead atoms. The van der Waals surface area contributed by atoms with E-state index in [1.54, 1.807) is 0 Å². The topological polar surface area (TPSA) is 49.8 Å². The van der Waals surface area contributed by atoms with E-state index in [9.17, 15) is 4.79 Å². The first-order valence-electron chi connectivity index (χ1n) is 8.63. The Morgan fingerprint density at radius 3 is 2.64 bits per heavy atom. The van der Waals surface area contributed by atoms with Crippen LogP contribution in [-0.4, -0.2) is 22.0 Å². The molecule has 0 unspecified atom stereocenters. The molecule has 0 aliphatic heterocycles. The molecular weight excluding hydrogens is 310 g/mol. The van der Waals surface area contributed by atoms with E-state index < -0.39 is 0 Å². The van der Waals surface area contributed by atoms with Crippen LogP contribution in [-0.2, 0) is 6.54 Å². The quantitative estimate of drug-likeness (QED) is 0.528. The summed E-state index contributed by atoms with van der Waals surface area (Å²) in [5, 5.41) is 5.33. The number of hydrogen-bond donors (Lipinski definition) is 2. The molecule has 4 heteroatoms. The van der Waals surface area contributed by atoms with Crippen LogP contribution in [0.4, 0.5) is 0 Å². The van der Waals surface area contributed by atoms with E-state index >= 15 is 0 Å². The number of amides is 1. The third-order valence-corrected chi connectivity index (χ3v) is 4.64. The Bertz CT molecular complexity index is 1010. The monoisotopic (exact) mass is 331 g/mol. The van der Waals surface area contributed by atoms with Gasteiger partial charge in [0.15, 0.2) is 0 Å². The summed E-state index contributed by atoms with van der Waals surface area (Å²) in [6, 6.07) is 20.4. The van der Waals surface area contributed by atoms with Gasteiger partial charge >= 0.3 is 0 Å². The van der Waals surface area contributed by atoms with Crippen molar-refractivity contribution in [2.24, 2.45) is 0 Å². The molecule has 126 valence electrons. The molecule has 0 saturated carbocycles. The normalized spacial score (nSPS) is 11.2. The van der Waals surface area contributed by atoms with Crippen LogP contribution in [0.5, 0.6) is 0 Å². The van der Waals surface area contributed by atoms with Crippen molar-refractivity contribution >= 4 is 27.7 Å². The first-order valence-corrected chi connectivity index (χ1v) is 8.63. The maximum atomic E-state index is 12.3. The van der Waals surface area contributed by atoms with Gasteiger partial charge in [0.25, 0.3) is 5.91 Å². The minimum absolute atomic E-state index is 0.0507. The molecule has 2 heterocycles. The van der Waals surface area contributed by atoms with Crippen LogP contribution in [0.25, 0.3) is 21.8 Å². The summed E-state index contributed by atoms with van der Waals surface area (Å²) >= 11 is 0. The fourth-order valence-corrected chi connectivity index (χ4v) is 3.38. The molecule has 25 heavy (non-hydrogen) atoms. The SMILES string of the molecule is Cc1cc2ccccc2n1CCCNC(=O)c1cc2ccccc2[nH]1. The second-order valence-corrected chi connectivity index (χ2v) is 6.38. The van der Waals surface area contributed by atoms with Crippen LogP contribution >= 0.6 is 0 Å². The van der Waals surface area contributed by atoms with Crippen molar-refractivity contribution in [3.8, 4) is 0 Å². The molecule has 0 atom stereocenters. The van der Waals surface area contributed by atoms with Gasteiger partial charge in [-0.15, -0.1) is 0 Å². The van der Waals surface area contributed by atoms with Gasteiger partial charge in [-0.2, -0.15) is 0 Å². The zero-order valence-electron chi connectivity index (χ0n) is 14.3. The highest BCUT2D eigenvalue weighted by atomic mass is 16.1. The van der Waals surface area contributed by atoms with Gasteiger partial charge in [0.2, 0.25) is 0 Å². The second kappa shape index (κ2) is 6.48. The smallest absolute Gasteiger partial charge is 0.267 e. The first-order chi connectivity index (χ1) is 12.2. The zero-order chi connectivity index (χ0) is 17.2. The fourth-order valence-electron chi connectivity index (χ4n) is 3.38. The maximum Gasteiger partial charge on any atom is 0.267 e. The highest BCUT2D eigenvalue weighted by Gasteiger charge is 2.09. The highest BCUT2D eigenvalue weighted by molar-refractivity contribution is 5.97. The van der Waals surface area contributed by atoms with Crippen molar-refractivity contribution in [1.29, 1.82) is 0 Å². The lowest BCUT2D eigenvalue weighted by atomic mass is 10.2. The van der Waals surface area contributed by atoms with Crippen LogP contribution in [0.15, 0.2) is 60.7 Å². The molecule has 0 aliphatic rings. The zero-order valence-corrected chi connectivity index (χ0v) is 14.3. The minimum Gasteiger partial charge on any atom is -0.351 e. The van der Waals surface area contributed by atoms with Crippen molar-refractivity contribution in [2.45, 2.75) is 19.9 Å². The molecular formula is C21H21N3O. The van der Waals surface area contributed by atoms with Gasteiger partial charge < -0.3 is 14.9 Å². The van der Waals surface area contributed by atoms with E-state index in [1.807, 2.05) is 30.3 Å². The van der Waals surface area contributed by atoms with Crippen molar-refractivity contribution in [1.82, 2.24) is 14.9 Å². The Labute approximate surface area is 146 Å². The number of hydrogen-bond acceptors (Lipinski definition) is 1. The van der Waals surface area contributed by atoms with Gasteiger partial charge in [0, 0.05) is 35.2 Å². The molecule has 4 rings (SSSR count). The lowest BCUT2D eigenvalue weighted by Crippen LogP contribution is -2.25. The molecule has 0 aliphatic carbocycles. The molecule has 1 amide bonds. The van der Waals surface area contributed by atoms with Crippen LogP contribution in [0.1, 0.15) is 22.6 Å². The highest BCUT2D eigenvalue weighted by Crippen LogP contribution is 2.19. The number of para-hydroxylation sites is 2. The standard InChI is InChI=1S/C21H21N3O/c1-15-13-17-8-3-5-10-20(17)24(15)12-6-11-22-21(25)19-14-16-7-2-4-9-18(16)23-19/h2-5,7-10,13-14,23H,6,11-12H2,1H3,(H,22,25). The summed E-state index contributed by atoms with van der Waals surface area (Å²) < 4.78 is 2.31. The Morgan fingerprint density at radius 2 is 1.80 bits per heavy atom. The Hall–Kier alpha value is -3.01. The number of fused-ring (bicyclic) bond motifs is 2. The molecule has 2 aromatic heterocycles. The number of nitrogens with one attached hydrogen (secondary N) is 2. The molecule has 4 nitrogen and oxygen atoms in total. The van der Waals surface area contributed by atoms with Crippen LogP contribution in [0, 0.1) is 6.92 Å². The lowest BCUT2D eigenvalue weighted by molar-refractivity contribution is 0.0948. The number of carbonyl (C=O) groups excluding carboxylic acids is 1. The van der Waals surface area contributed by atoms with Crippen LogP contribution < -0.4 is 5.32 Å². The Morgan fingerprint density at radius 1 is 1.04 bits per heavy atom. The molecule has 0 spiro atoms. The fraction of sp³-hybridized carbons (Fsp3) is 0.190. The van der Waals surface area contributed by atoms with E-state index in [1.165, 1.54) is 16.6 Å². The van der Waals surface area contributed by atoms with Crippen LogP contribution in [0.3, 0.4) is 0 Å². The van der Waals surface area contributed by atoms with Gasteiger partial charge in [0.1, 0.15) is 5.69 Å². The van der Waals surface area contributed by atoms with Crippen molar-refractivity contribution in [3.05, 3.63) is 72.1 Å². The second-order valence-electron chi connectivity index (χ2n) is 6.38. The molecule has 2 aromatic carbocycles.